The molecule has 0 aromatic heterocycles. The molecule has 154 valence electrons. The van der Waals surface area contributed by atoms with Crippen molar-refractivity contribution in [2.75, 3.05) is 7.05 Å². The molecule has 0 aliphatic carbocycles. The molecule has 0 radical (unpaired) electrons. The first-order chi connectivity index (χ1) is 15.1. The van der Waals surface area contributed by atoms with Crippen LogP contribution in [-0.4, -0.2) is 24.3 Å². The van der Waals surface area contributed by atoms with Crippen molar-refractivity contribution in [3.8, 4) is 22.9 Å². The maximum atomic E-state index is 11.1. The number of rotatable bonds is 4. The van der Waals surface area contributed by atoms with Gasteiger partial charge in [-0.05, 0) is 41.0 Å². The minimum absolute atomic E-state index is 0.150. The highest BCUT2D eigenvalue weighted by molar-refractivity contribution is 5.87. The molecule has 4 rings (SSSR count). The van der Waals surface area contributed by atoms with Crippen LogP contribution in [0.15, 0.2) is 77.8 Å². The summed E-state index contributed by atoms with van der Waals surface area (Å²) < 4.78 is 6.31. The first-order valence-corrected chi connectivity index (χ1v) is 9.96. The summed E-state index contributed by atoms with van der Waals surface area (Å²) in [5.74, 6) is 0.882. The van der Waals surface area contributed by atoms with Crippen LogP contribution in [0.1, 0.15) is 35.3 Å². The number of carbonyl (C=O) groups excluding carboxylic acids is 1. The van der Waals surface area contributed by atoms with Crippen molar-refractivity contribution in [2.45, 2.75) is 18.6 Å². The number of ether oxygens (including phenoxy) is 1. The number of aliphatic imine (C=N–C) groups is 1. The quantitative estimate of drug-likeness (QED) is 0.396. The summed E-state index contributed by atoms with van der Waals surface area (Å²) in [6, 6.07) is 25.3. The minimum Gasteiger partial charge on any atom is -0.485 e. The van der Waals surface area contributed by atoms with Crippen LogP contribution < -0.4 is 10.5 Å². The van der Waals surface area contributed by atoms with Gasteiger partial charge in [-0.3, -0.25) is 9.69 Å². The molecule has 6 heteroatoms. The fraction of sp³-hybridized carbons (Fsp3) is 0.160. The van der Waals surface area contributed by atoms with Crippen molar-refractivity contribution in [2.24, 2.45) is 10.7 Å². The lowest BCUT2D eigenvalue weighted by Gasteiger charge is -2.31. The number of hydrogen-bond donors (Lipinski definition) is 1. The van der Waals surface area contributed by atoms with Crippen LogP contribution in [0.5, 0.6) is 5.75 Å². The van der Waals surface area contributed by atoms with Gasteiger partial charge in [-0.15, -0.1) is 0 Å². The number of nitrogens with zero attached hydrogens (tertiary/aromatic N) is 3. The van der Waals surface area contributed by atoms with Crippen LogP contribution in [0.25, 0.3) is 11.1 Å². The van der Waals surface area contributed by atoms with Crippen molar-refractivity contribution in [1.29, 1.82) is 5.26 Å². The molecule has 0 fully saturated rings. The van der Waals surface area contributed by atoms with Crippen molar-refractivity contribution < 1.29 is 9.53 Å². The van der Waals surface area contributed by atoms with Crippen LogP contribution in [0.2, 0.25) is 0 Å². The third kappa shape index (κ3) is 4.26. The Morgan fingerprint density at radius 1 is 1.13 bits per heavy atom. The Hall–Kier alpha value is -4.11. The maximum Gasteiger partial charge on any atom is 0.216 e. The zero-order valence-electron chi connectivity index (χ0n) is 17.1. The fourth-order valence-corrected chi connectivity index (χ4v) is 3.69. The molecule has 3 aromatic carbocycles. The first kappa shape index (κ1) is 20.2. The monoisotopic (exact) mass is 410 g/mol. The molecule has 0 saturated heterocycles. The molecular weight excluding hydrogens is 388 g/mol. The number of guanidine groups is 1. The largest absolute Gasteiger partial charge is 0.485 e. The van der Waals surface area contributed by atoms with E-state index in [0.29, 0.717) is 18.4 Å². The van der Waals surface area contributed by atoms with Gasteiger partial charge in [0.15, 0.2) is 5.96 Å². The average Bonchev–Trinajstić information content (AvgIpc) is 2.83. The fourth-order valence-electron chi connectivity index (χ4n) is 3.69. The summed E-state index contributed by atoms with van der Waals surface area (Å²) in [7, 11) is 1.57. The Labute approximate surface area is 181 Å². The van der Waals surface area contributed by atoms with Gasteiger partial charge in [0.2, 0.25) is 6.41 Å². The maximum absolute atomic E-state index is 11.1. The number of fused-ring (bicyclic) bond motifs is 1. The topological polar surface area (TPSA) is 91.7 Å². The number of nitriles is 1. The zero-order valence-corrected chi connectivity index (χ0v) is 17.1. The second-order valence-corrected chi connectivity index (χ2v) is 7.42. The Balaban J connectivity index is 1.77. The number of benzene rings is 3. The number of amides is 1. The molecule has 1 aliphatic heterocycles. The average molecular weight is 410 g/mol. The van der Waals surface area contributed by atoms with E-state index in [1.54, 1.807) is 13.1 Å². The summed E-state index contributed by atoms with van der Waals surface area (Å²) in [6.45, 7) is 0. The third-order valence-corrected chi connectivity index (χ3v) is 5.38. The van der Waals surface area contributed by atoms with E-state index in [1.165, 1.54) is 4.90 Å². The van der Waals surface area contributed by atoms with Gasteiger partial charge in [0.1, 0.15) is 11.9 Å². The van der Waals surface area contributed by atoms with Crippen LogP contribution in [0, 0.1) is 11.3 Å². The van der Waals surface area contributed by atoms with E-state index in [4.69, 9.17) is 10.5 Å². The van der Waals surface area contributed by atoms with Crippen LogP contribution in [0.4, 0.5) is 0 Å². The zero-order chi connectivity index (χ0) is 21.8. The van der Waals surface area contributed by atoms with Gasteiger partial charge in [-0.25, -0.2) is 4.99 Å². The predicted molar refractivity (Wildman–Crippen MR) is 119 cm³/mol. The van der Waals surface area contributed by atoms with Gasteiger partial charge < -0.3 is 10.5 Å². The van der Waals surface area contributed by atoms with E-state index in [9.17, 15) is 10.1 Å². The molecule has 3 aromatic rings. The lowest BCUT2D eigenvalue weighted by Crippen LogP contribution is -2.33. The molecule has 1 aliphatic rings. The van der Waals surface area contributed by atoms with Crippen LogP contribution >= 0.6 is 0 Å². The summed E-state index contributed by atoms with van der Waals surface area (Å²) in [5, 5.41) is 9.22. The molecule has 1 heterocycles. The van der Waals surface area contributed by atoms with Gasteiger partial charge in [0.25, 0.3) is 0 Å². The van der Waals surface area contributed by atoms with Gasteiger partial charge in [-0.1, -0.05) is 48.5 Å². The SMILES string of the molecule is CN(C=O)/C(N)=N\C1CC(c2ccccc2)Oc2ccc(-c3cccc(C#N)c3)cc21. The van der Waals surface area contributed by atoms with Crippen molar-refractivity contribution in [1.82, 2.24) is 4.90 Å². The van der Waals surface area contributed by atoms with Gasteiger partial charge in [-0.2, -0.15) is 5.26 Å². The molecule has 0 saturated carbocycles. The van der Waals surface area contributed by atoms with Gasteiger partial charge >= 0.3 is 0 Å². The van der Waals surface area contributed by atoms with Crippen molar-refractivity contribution in [3.05, 3.63) is 89.5 Å². The Morgan fingerprint density at radius 2 is 1.90 bits per heavy atom. The molecule has 0 spiro atoms. The highest BCUT2D eigenvalue weighted by atomic mass is 16.5. The standard InChI is InChI=1S/C25H22N4O2/c1-29(16-30)25(27)28-22-14-24(18-7-3-2-4-8-18)31-23-11-10-20(13-21(22)23)19-9-5-6-17(12-19)15-26/h2-13,16,22,24H,14H2,1H3,(H2,27,28). The summed E-state index contributed by atoms with van der Waals surface area (Å²) in [6.07, 6.45) is 1.05. The lowest BCUT2D eigenvalue weighted by atomic mass is 9.91. The van der Waals surface area contributed by atoms with Crippen LogP contribution in [-0.2, 0) is 4.79 Å². The Morgan fingerprint density at radius 3 is 2.65 bits per heavy atom. The second-order valence-electron chi connectivity index (χ2n) is 7.42. The highest BCUT2D eigenvalue weighted by Crippen LogP contribution is 2.44. The number of hydrogen-bond acceptors (Lipinski definition) is 4. The van der Waals surface area contributed by atoms with E-state index in [0.717, 1.165) is 28.0 Å². The van der Waals surface area contributed by atoms with E-state index >= 15 is 0 Å². The normalized spacial score (nSPS) is 17.7. The van der Waals surface area contributed by atoms with E-state index < -0.39 is 0 Å². The smallest absolute Gasteiger partial charge is 0.216 e. The van der Waals surface area contributed by atoms with Gasteiger partial charge in [0.05, 0.1) is 17.7 Å². The van der Waals surface area contributed by atoms with E-state index in [2.05, 4.69) is 11.1 Å². The van der Waals surface area contributed by atoms with E-state index in [1.807, 2.05) is 66.7 Å². The highest BCUT2D eigenvalue weighted by Gasteiger charge is 2.30. The summed E-state index contributed by atoms with van der Waals surface area (Å²) in [4.78, 5) is 17.0. The Bertz CT molecular complexity index is 1170. The van der Waals surface area contributed by atoms with Gasteiger partial charge in [0, 0.05) is 19.0 Å². The molecule has 2 unspecified atom stereocenters. The lowest BCUT2D eigenvalue weighted by molar-refractivity contribution is -0.114. The second kappa shape index (κ2) is 8.72. The first-order valence-electron chi connectivity index (χ1n) is 9.96. The minimum atomic E-state index is -0.282. The molecule has 1 amide bonds. The molecule has 2 N–H and O–H groups in total. The molecular formula is C25H22N4O2. The van der Waals surface area contributed by atoms with Crippen molar-refractivity contribution >= 4 is 12.4 Å². The molecule has 0 bridgehead atoms. The molecule has 31 heavy (non-hydrogen) atoms. The van der Waals surface area contributed by atoms with Crippen molar-refractivity contribution in [3.63, 3.8) is 0 Å². The number of nitrogens with two attached hydrogens (primary N) is 1. The predicted octanol–water partition coefficient (Wildman–Crippen LogP) is 4.19. The summed E-state index contributed by atoms with van der Waals surface area (Å²) >= 11 is 0. The van der Waals surface area contributed by atoms with E-state index in [-0.39, 0.29) is 18.1 Å². The summed E-state index contributed by atoms with van der Waals surface area (Å²) in [5.41, 5.74) is 10.5. The molecule has 6 nitrogen and oxygen atoms in total. The third-order valence-electron chi connectivity index (χ3n) is 5.38. The van der Waals surface area contributed by atoms with Crippen LogP contribution in [0.3, 0.4) is 0 Å². The number of carbonyl (C=O) groups is 1. The molecule has 2 atom stereocenters. The Kier molecular flexibility index (Phi) is 5.67.